The van der Waals surface area contributed by atoms with Crippen LogP contribution in [0.15, 0.2) is 35.2 Å². The second kappa shape index (κ2) is 8.60. The molecule has 1 amide bonds. The molecule has 0 saturated carbocycles. The Bertz CT molecular complexity index is 958. The molecule has 0 atom stereocenters. The van der Waals surface area contributed by atoms with E-state index in [-0.39, 0.29) is 12.5 Å². The number of carbonyl (C=O) groups is 1. The van der Waals surface area contributed by atoms with Gasteiger partial charge in [-0.25, -0.2) is 0 Å². The Hall–Kier alpha value is -0.950. The Morgan fingerprint density at radius 3 is 2.41 bits per heavy atom. The maximum absolute atomic E-state index is 12.3. The van der Waals surface area contributed by atoms with Gasteiger partial charge in [-0.3, -0.25) is 9.69 Å². The molecule has 0 bridgehead atoms. The summed E-state index contributed by atoms with van der Waals surface area (Å²) in [4.78, 5) is 14.1. The van der Waals surface area contributed by atoms with Gasteiger partial charge in [0.2, 0.25) is 0 Å². The Kier molecular flexibility index (Phi) is 6.62. The van der Waals surface area contributed by atoms with Gasteiger partial charge in [-0.2, -0.15) is 0 Å². The first-order valence-corrected chi connectivity index (χ1v) is 10.3. The van der Waals surface area contributed by atoms with Crippen molar-refractivity contribution in [2.45, 2.75) is 6.61 Å². The van der Waals surface area contributed by atoms with E-state index in [0.717, 1.165) is 0 Å². The summed E-state index contributed by atoms with van der Waals surface area (Å²) < 4.78 is 6.38. The average molecular weight is 479 g/mol. The fourth-order valence-corrected chi connectivity index (χ4v) is 4.58. The van der Waals surface area contributed by atoms with Crippen LogP contribution in [0, 0.1) is 0 Å². The van der Waals surface area contributed by atoms with Crippen molar-refractivity contribution in [3.63, 3.8) is 0 Å². The van der Waals surface area contributed by atoms with Crippen molar-refractivity contribution in [2.24, 2.45) is 0 Å². The van der Waals surface area contributed by atoms with E-state index >= 15 is 0 Å². The SMILES string of the molecule is CN1C(=O)C(=Cc2cc(Cl)cc(Cl)c2OCc2c(Cl)cccc2Cl)SC1=S. The van der Waals surface area contributed by atoms with Crippen LogP contribution in [0.1, 0.15) is 11.1 Å². The average Bonchev–Trinajstić information content (AvgIpc) is 2.83. The Labute approximate surface area is 186 Å². The molecule has 0 unspecified atom stereocenters. The number of nitrogens with zero attached hydrogens (tertiary/aromatic N) is 1. The van der Waals surface area contributed by atoms with Crippen molar-refractivity contribution in [1.29, 1.82) is 0 Å². The van der Waals surface area contributed by atoms with Gasteiger partial charge in [0, 0.05) is 33.2 Å². The van der Waals surface area contributed by atoms with Gasteiger partial charge >= 0.3 is 0 Å². The first kappa shape index (κ1) is 20.8. The van der Waals surface area contributed by atoms with Gasteiger partial charge in [0.1, 0.15) is 16.7 Å². The van der Waals surface area contributed by atoms with E-state index in [4.69, 9.17) is 63.4 Å². The van der Waals surface area contributed by atoms with E-state index in [9.17, 15) is 4.79 Å². The lowest BCUT2D eigenvalue weighted by Gasteiger charge is -2.14. The van der Waals surface area contributed by atoms with Gasteiger partial charge in [0.15, 0.2) is 0 Å². The summed E-state index contributed by atoms with van der Waals surface area (Å²) in [6.07, 6.45) is 1.66. The maximum atomic E-state index is 12.3. The largest absolute Gasteiger partial charge is 0.487 e. The first-order valence-electron chi connectivity index (χ1n) is 7.54. The Morgan fingerprint density at radius 2 is 1.81 bits per heavy atom. The molecule has 0 aliphatic carbocycles. The summed E-state index contributed by atoms with van der Waals surface area (Å²) in [6, 6.07) is 8.43. The summed E-state index contributed by atoms with van der Waals surface area (Å²) >= 11 is 31.2. The fraction of sp³-hybridized carbons (Fsp3) is 0.111. The number of amides is 1. The quantitative estimate of drug-likeness (QED) is 0.360. The maximum Gasteiger partial charge on any atom is 0.265 e. The molecule has 2 aromatic rings. The van der Waals surface area contributed by atoms with Gasteiger partial charge in [-0.15, -0.1) is 0 Å². The molecule has 140 valence electrons. The highest BCUT2D eigenvalue weighted by Gasteiger charge is 2.29. The molecule has 27 heavy (non-hydrogen) atoms. The third kappa shape index (κ3) is 4.56. The van der Waals surface area contributed by atoms with Crippen LogP contribution in [0.5, 0.6) is 5.75 Å². The van der Waals surface area contributed by atoms with E-state index in [1.165, 1.54) is 16.7 Å². The van der Waals surface area contributed by atoms with Crippen LogP contribution in [0.25, 0.3) is 6.08 Å². The minimum atomic E-state index is -0.193. The zero-order valence-electron chi connectivity index (χ0n) is 13.8. The number of likely N-dealkylation sites (N-methyl/N-ethyl adjacent to an activating group) is 1. The molecule has 0 spiro atoms. The van der Waals surface area contributed by atoms with Crippen molar-refractivity contribution in [3.8, 4) is 5.75 Å². The number of rotatable bonds is 4. The van der Waals surface area contributed by atoms with Crippen LogP contribution in [-0.4, -0.2) is 22.2 Å². The van der Waals surface area contributed by atoms with Gasteiger partial charge in [0.25, 0.3) is 5.91 Å². The second-order valence-electron chi connectivity index (χ2n) is 5.54. The van der Waals surface area contributed by atoms with Gasteiger partial charge in [0.05, 0.1) is 9.93 Å². The smallest absolute Gasteiger partial charge is 0.265 e. The summed E-state index contributed by atoms with van der Waals surface area (Å²) in [5.74, 6) is 0.180. The third-order valence-electron chi connectivity index (χ3n) is 3.73. The minimum absolute atomic E-state index is 0.107. The molecule has 1 fully saturated rings. The summed E-state index contributed by atoms with van der Waals surface area (Å²) in [5.41, 5.74) is 1.20. The van der Waals surface area contributed by atoms with Crippen molar-refractivity contribution in [1.82, 2.24) is 4.90 Å². The number of benzene rings is 2. The van der Waals surface area contributed by atoms with Crippen LogP contribution in [-0.2, 0) is 11.4 Å². The van der Waals surface area contributed by atoms with E-state index in [1.54, 1.807) is 43.5 Å². The fourth-order valence-electron chi connectivity index (χ4n) is 2.34. The summed E-state index contributed by atoms with van der Waals surface area (Å²) in [7, 11) is 1.63. The molecule has 0 N–H and O–H groups in total. The third-order valence-corrected chi connectivity index (χ3v) is 6.42. The van der Waals surface area contributed by atoms with Gasteiger partial charge < -0.3 is 4.74 Å². The molecule has 3 nitrogen and oxygen atoms in total. The van der Waals surface area contributed by atoms with E-state index in [0.29, 0.717) is 46.2 Å². The number of hydrogen-bond donors (Lipinski definition) is 0. The van der Waals surface area contributed by atoms with Crippen LogP contribution in [0.3, 0.4) is 0 Å². The number of ether oxygens (including phenoxy) is 1. The molecule has 2 aromatic carbocycles. The van der Waals surface area contributed by atoms with Crippen molar-refractivity contribution in [2.75, 3.05) is 7.05 Å². The standard InChI is InChI=1S/C18H11Cl4NO2S2/c1-23-17(24)15(27-18(23)26)6-9-5-10(19)7-14(22)16(9)25-8-11-12(20)3-2-4-13(11)21/h2-7H,8H2,1H3. The second-order valence-corrected chi connectivity index (χ2v) is 8.87. The zero-order chi connectivity index (χ0) is 19.7. The van der Waals surface area contributed by atoms with Crippen LogP contribution < -0.4 is 4.74 Å². The van der Waals surface area contributed by atoms with Crippen LogP contribution in [0.2, 0.25) is 20.1 Å². The topological polar surface area (TPSA) is 29.5 Å². The highest BCUT2D eigenvalue weighted by Crippen LogP contribution is 2.38. The minimum Gasteiger partial charge on any atom is -0.487 e. The van der Waals surface area contributed by atoms with E-state index < -0.39 is 0 Å². The molecular formula is C18H11Cl4NO2S2. The summed E-state index contributed by atoms with van der Waals surface area (Å²) in [5, 5.41) is 1.70. The number of thioether (sulfide) groups is 1. The molecule has 0 radical (unpaired) electrons. The zero-order valence-corrected chi connectivity index (χ0v) is 18.4. The lowest BCUT2D eigenvalue weighted by atomic mass is 10.1. The molecule has 0 aromatic heterocycles. The van der Waals surface area contributed by atoms with E-state index in [1.807, 2.05) is 0 Å². The monoisotopic (exact) mass is 477 g/mol. The molecular weight excluding hydrogens is 468 g/mol. The lowest BCUT2D eigenvalue weighted by Crippen LogP contribution is -2.22. The Morgan fingerprint density at radius 1 is 1.15 bits per heavy atom. The molecule has 9 heteroatoms. The van der Waals surface area contributed by atoms with Crippen molar-refractivity contribution < 1.29 is 9.53 Å². The number of carbonyl (C=O) groups excluding carboxylic acids is 1. The normalized spacial score (nSPS) is 15.7. The van der Waals surface area contributed by atoms with Crippen molar-refractivity contribution in [3.05, 3.63) is 66.5 Å². The summed E-state index contributed by atoms with van der Waals surface area (Å²) in [6.45, 7) is 0.107. The molecule has 3 rings (SSSR count). The predicted molar refractivity (Wildman–Crippen MR) is 118 cm³/mol. The molecule has 1 saturated heterocycles. The van der Waals surface area contributed by atoms with Crippen LogP contribution in [0.4, 0.5) is 0 Å². The van der Waals surface area contributed by atoms with E-state index in [2.05, 4.69) is 0 Å². The van der Waals surface area contributed by atoms with Gasteiger partial charge in [-0.1, -0.05) is 76.4 Å². The van der Waals surface area contributed by atoms with Crippen LogP contribution >= 0.6 is 70.4 Å². The molecule has 1 aliphatic rings. The predicted octanol–water partition coefficient (Wildman–Crippen LogP) is 6.71. The molecule has 1 heterocycles. The molecule has 1 aliphatic heterocycles. The first-order chi connectivity index (χ1) is 12.8. The number of hydrogen-bond acceptors (Lipinski definition) is 4. The van der Waals surface area contributed by atoms with Crippen molar-refractivity contribution >= 4 is 86.7 Å². The number of halogens is 4. The lowest BCUT2D eigenvalue weighted by molar-refractivity contribution is -0.121. The number of thiocarbonyl (C=S) groups is 1. The highest BCUT2D eigenvalue weighted by molar-refractivity contribution is 8.26. The highest BCUT2D eigenvalue weighted by atomic mass is 35.5. The Balaban J connectivity index is 1.96. The van der Waals surface area contributed by atoms with Gasteiger partial charge in [-0.05, 0) is 30.3 Å².